The number of carbonyl (C=O) groups excluding carboxylic acids is 1. The molecule has 9 nitrogen and oxygen atoms in total. The van der Waals surface area contributed by atoms with Gasteiger partial charge in [0.1, 0.15) is 24.4 Å². The zero-order chi connectivity index (χ0) is 45.1. The molecule has 1 amide bonds. The third kappa shape index (κ3) is 31.4. The molecule has 0 bridgehead atoms. The highest BCUT2D eigenvalue weighted by molar-refractivity contribution is 5.76. The number of hydrogen-bond acceptors (Lipinski definition) is 8. The van der Waals surface area contributed by atoms with E-state index in [0.29, 0.717) is 6.42 Å². The molecule has 1 fully saturated rings. The SMILES string of the molecule is CC/C=C\C/C=C\C/C=C\C/C=C\C/C=C\C/C=C\C/C=C\C/C=C\CCCCCCCCC(=O)NC(COC1OC(CO)C(O)C(O)C1O)C(O)/C=C/CC/C=C/CCCC. The summed E-state index contributed by atoms with van der Waals surface area (Å²) in [5.74, 6) is -0.213. The number of ether oxygens (including phenoxy) is 2. The second-order valence-corrected chi connectivity index (χ2v) is 15.8. The van der Waals surface area contributed by atoms with Crippen molar-refractivity contribution in [1.29, 1.82) is 0 Å². The highest BCUT2D eigenvalue weighted by Crippen LogP contribution is 2.22. The van der Waals surface area contributed by atoms with Gasteiger partial charge in [0.2, 0.25) is 5.91 Å². The van der Waals surface area contributed by atoms with Gasteiger partial charge in [-0.3, -0.25) is 4.79 Å². The van der Waals surface area contributed by atoms with Crippen molar-refractivity contribution in [3.8, 4) is 0 Å². The number of aliphatic hydroxyl groups is 5. The van der Waals surface area contributed by atoms with Crippen LogP contribution in [0.1, 0.15) is 149 Å². The summed E-state index contributed by atoms with van der Waals surface area (Å²) in [5.41, 5.74) is 0. The van der Waals surface area contributed by atoms with Crippen LogP contribution in [-0.4, -0.2) is 87.5 Å². The molecule has 6 N–H and O–H groups in total. The average Bonchev–Trinajstić information content (AvgIpc) is 3.27. The summed E-state index contributed by atoms with van der Waals surface area (Å²) in [6, 6.07) is -0.836. The Kier molecular flexibility index (Phi) is 38.0. The molecule has 7 unspecified atom stereocenters. The first-order valence-electron chi connectivity index (χ1n) is 23.8. The van der Waals surface area contributed by atoms with Gasteiger partial charge in [-0.25, -0.2) is 0 Å². The first kappa shape index (κ1) is 56.6. The van der Waals surface area contributed by atoms with Gasteiger partial charge in [0.15, 0.2) is 6.29 Å². The quantitative estimate of drug-likeness (QED) is 0.0267. The van der Waals surface area contributed by atoms with Crippen LogP contribution in [0.2, 0.25) is 0 Å². The van der Waals surface area contributed by atoms with Crippen LogP contribution >= 0.6 is 0 Å². The number of unbranched alkanes of at least 4 members (excludes halogenated alkanes) is 9. The van der Waals surface area contributed by atoms with E-state index in [2.05, 4.69) is 129 Å². The summed E-state index contributed by atoms with van der Waals surface area (Å²) in [5, 5.41) is 53.9. The molecule has 62 heavy (non-hydrogen) atoms. The molecular formula is C53H85NO8. The largest absolute Gasteiger partial charge is 0.394 e. The third-order valence-corrected chi connectivity index (χ3v) is 10.3. The zero-order valence-electron chi connectivity index (χ0n) is 38.3. The molecule has 1 saturated heterocycles. The lowest BCUT2D eigenvalue weighted by Crippen LogP contribution is -2.60. The van der Waals surface area contributed by atoms with E-state index in [1.807, 2.05) is 6.08 Å². The normalized spacial score (nSPS) is 21.4. The lowest BCUT2D eigenvalue weighted by atomic mass is 9.99. The molecule has 0 aliphatic carbocycles. The van der Waals surface area contributed by atoms with E-state index in [1.165, 1.54) is 0 Å². The Bertz CT molecular complexity index is 1370. The highest BCUT2D eigenvalue weighted by atomic mass is 16.7. The molecule has 9 heteroatoms. The smallest absolute Gasteiger partial charge is 0.220 e. The van der Waals surface area contributed by atoms with Gasteiger partial charge < -0.3 is 40.3 Å². The van der Waals surface area contributed by atoms with Crippen LogP contribution in [0, 0.1) is 0 Å². The van der Waals surface area contributed by atoms with E-state index < -0.39 is 49.5 Å². The van der Waals surface area contributed by atoms with E-state index in [1.54, 1.807) is 6.08 Å². The van der Waals surface area contributed by atoms with Crippen molar-refractivity contribution in [2.75, 3.05) is 13.2 Å². The van der Waals surface area contributed by atoms with Gasteiger partial charge in [0, 0.05) is 6.42 Å². The molecule has 350 valence electrons. The van der Waals surface area contributed by atoms with Gasteiger partial charge >= 0.3 is 0 Å². The van der Waals surface area contributed by atoms with Gasteiger partial charge in [-0.2, -0.15) is 0 Å². The maximum absolute atomic E-state index is 12.9. The monoisotopic (exact) mass is 864 g/mol. The van der Waals surface area contributed by atoms with Crippen molar-refractivity contribution in [3.05, 3.63) is 122 Å². The second kappa shape index (κ2) is 41.6. The number of carbonyl (C=O) groups is 1. The van der Waals surface area contributed by atoms with Gasteiger partial charge in [-0.15, -0.1) is 0 Å². The number of nitrogens with one attached hydrogen (secondary N) is 1. The van der Waals surface area contributed by atoms with E-state index in [-0.39, 0.29) is 12.5 Å². The Labute approximate surface area is 376 Å². The molecule has 0 radical (unpaired) electrons. The summed E-state index contributed by atoms with van der Waals surface area (Å²) >= 11 is 0. The summed E-state index contributed by atoms with van der Waals surface area (Å²) in [6.45, 7) is 3.52. The van der Waals surface area contributed by atoms with E-state index >= 15 is 0 Å². The highest BCUT2D eigenvalue weighted by Gasteiger charge is 2.44. The maximum Gasteiger partial charge on any atom is 0.220 e. The molecular weight excluding hydrogens is 779 g/mol. The van der Waals surface area contributed by atoms with Crippen LogP contribution in [-0.2, 0) is 14.3 Å². The van der Waals surface area contributed by atoms with Crippen LogP contribution < -0.4 is 5.32 Å². The van der Waals surface area contributed by atoms with Crippen molar-refractivity contribution >= 4 is 5.91 Å². The summed E-state index contributed by atoms with van der Waals surface area (Å²) < 4.78 is 11.1. The molecule has 0 aromatic heterocycles. The van der Waals surface area contributed by atoms with Crippen molar-refractivity contribution in [3.63, 3.8) is 0 Å². The second-order valence-electron chi connectivity index (χ2n) is 15.8. The fraction of sp³-hybridized carbons (Fsp3) is 0.604. The van der Waals surface area contributed by atoms with Crippen LogP contribution in [0.4, 0.5) is 0 Å². The average molecular weight is 864 g/mol. The Morgan fingerprint density at radius 3 is 1.55 bits per heavy atom. The van der Waals surface area contributed by atoms with Gasteiger partial charge in [-0.1, -0.05) is 174 Å². The first-order valence-corrected chi connectivity index (χ1v) is 23.8. The minimum Gasteiger partial charge on any atom is -0.394 e. The first-order chi connectivity index (χ1) is 30.3. The topological polar surface area (TPSA) is 149 Å². The Morgan fingerprint density at radius 1 is 0.565 bits per heavy atom. The zero-order valence-corrected chi connectivity index (χ0v) is 38.3. The number of hydrogen-bond donors (Lipinski definition) is 6. The fourth-order valence-corrected chi connectivity index (χ4v) is 6.46. The van der Waals surface area contributed by atoms with E-state index in [4.69, 9.17) is 9.47 Å². The molecule has 1 heterocycles. The molecule has 1 aliphatic rings. The number of allylic oxidation sites excluding steroid dienone is 19. The minimum absolute atomic E-state index is 0.213. The fourth-order valence-electron chi connectivity index (χ4n) is 6.46. The van der Waals surface area contributed by atoms with Gasteiger partial charge in [0.25, 0.3) is 0 Å². The van der Waals surface area contributed by atoms with Crippen LogP contribution in [0.3, 0.4) is 0 Å². The summed E-state index contributed by atoms with van der Waals surface area (Å²) in [7, 11) is 0. The number of rotatable bonds is 37. The third-order valence-electron chi connectivity index (χ3n) is 10.3. The Hall–Kier alpha value is -3.41. The van der Waals surface area contributed by atoms with Gasteiger partial charge in [-0.05, 0) is 89.9 Å². The Balaban J connectivity index is 2.23. The lowest BCUT2D eigenvalue weighted by molar-refractivity contribution is -0.302. The number of amides is 1. The van der Waals surface area contributed by atoms with E-state index in [0.717, 1.165) is 128 Å². The van der Waals surface area contributed by atoms with Crippen molar-refractivity contribution in [2.24, 2.45) is 0 Å². The van der Waals surface area contributed by atoms with E-state index in [9.17, 15) is 30.3 Å². The maximum atomic E-state index is 12.9. The predicted octanol–water partition coefficient (Wildman–Crippen LogP) is 10.4. The Morgan fingerprint density at radius 2 is 1.02 bits per heavy atom. The molecule has 0 aromatic carbocycles. The van der Waals surface area contributed by atoms with Crippen molar-refractivity contribution < 1.29 is 39.8 Å². The van der Waals surface area contributed by atoms with Crippen LogP contribution in [0.5, 0.6) is 0 Å². The molecule has 0 saturated carbocycles. The predicted molar refractivity (Wildman–Crippen MR) is 257 cm³/mol. The molecule has 7 atom stereocenters. The van der Waals surface area contributed by atoms with Crippen LogP contribution in [0.15, 0.2) is 122 Å². The molecule has 0 spiro atoms. The van der Waals surface area contributed by atoms with Crippen molar-refractivity contribution in [1.82, 2.24) is 5.32 Å². The minimum atomic E-state index is -1.58. The van der Waals surface area contributed by atoms with Crippen LogP contribution in [0.25, 0.3) is 0 Å². The standard InChI is InChI=1S/C53H85NO8/c1-3-5-7-9-11-13-14-15-16-17-18-19-20-21-22-23-24-25-26-27-28-29-30-31-32-33-34-35-37-39-41-43-49(57)54-46(47(56)42-40-38-36-12-10-8-6-4-2)45-61-53-52(60)51(59)50(58)48(44-55)62-53/h5,7,10-13,15-16,18-19,21-22,24-25,27-28,30-31,40,42,46-48,50-53,55-56,58-60H,3-4,6,8-9,14,17,20,23,26,29,32-39,41,43-45H2,1-2H3,(H,54,57)/b7-5-,12-10+,13-11-,16-15-,19-18-,22-21-,25-24-,28-27-,31-30-,42-40+. The molecule has 1 aliphatic heterocycles. The summed E-state index contributed by atoms with van der Waals surface area (Å²) in [6.07, 6.45) is 55.6. The molecule has 0 aromatic rings. The number of aliphatic hydroxyl groups excluding tert-OH is 5. The summed E-state index contributed by atoms with van der Waals surface area (Å²) in [4.78, 5) is 12.9. The lowest BCUT2D eigenvalue weighted by Gasteiger charge is -2.40. The van der Waals surface area contributed by atoms with Crippen molar-refractivity contribution in [2.45, 2.75) is 192 Å². The molecule has 1 rings (SSSR count). The van der Waals surface area contributed by atoms with Gasteiger partial charge in [0.05, 0.1) is 25.4 Å².